The molecular formula is C16H21N3OS. The monoisotopic (exact) mass is 303 g/mol. The molecule has 3 rings (SSSR count). The number of carbonyl (C=O) groups excluding carboxylic acids is 1. The Balaban J connectivity index is 1.75. The molecule has 0 radical (unpaired) electrons. The second kappa shape index (κ2) is 6.52. The molecular weight excluding hydrogens is 282 g/mol. The van der Waals surface area contributed by atoms with E-state index in [-0.39, 0.29) is 5.78 Å². The fourth-order valence-electron chi connectivity index (χ4n) is 2.86. The Hall–Kier alpha value is -1.49. The number of rotatable bonds is 5. The summed E-state index contributed by atoms with van der Waals surface area (Å²) in [6.07, 6.45) is 8.99. The number of aryl methyl sites for hydroxylation is 3. The minimum Gasteiger partial charge on any atom is -0.293 e. The van der Waals surface area contributed by atoms with E-state index in [1.165, 1.54) is 29.7 Å². The molecule has 0 aliphatic heterocycles. The van der Waals surface area contributed by atoms with Crippen molar-refractivity contribution in [2.24, 2.45) is 0 Å². The zero-order valence-electron chi connectivity index (χ0n) is 12.5. The summed E-state index contributed by atoms with van der Waals surface area (Å²) in [5.41, 5.74) is 1.40. The van der Waals surface area contributed by atoms with Crippen LogP contribution in [0.25, 0.3) is 0 Å². The number of Topliss-reactive ketones (excluding diaryl/α,β-unsaturated/α-hetero) is 1. The fourth-order valence-corrected chi connectivity index (χ4v) is 4.05. The molecule has 0 aromatic carbocycles. The first kappa shape index (κ1) is 14.4. The summed E-state index contributed by atoms with van der Waals surface area (Å²) in [5.74, 6) is 0.962. The average molecular weight is 303 g/mol. The van der Waals surface area contributed by atoms with Crippen LogP contribution in [0.3, 0.4) is 0 Å². The fraction of sp³-hybridized carbons (Fsp3) is 0.562. The van der Waals surface area contributed by atoms with E-state index in [9.17, 15) is 4.79 Å². The van der Waals surface area contributed by atoms with Crippen LogP contribution in [0, 0.1) is 0 Å². The first-order valence-corrected chi connectivity index (χ1v) is 8.61. The Labute approximate surface area is 129 Å². The molecule has 0 saturated carbocycles. The van der Waals surface area contributed by atoms with Gasteiger partial charge >= 0.3 is 0 Å². The van der Waals surface area contributed by atoms with E-state index >= 15 is 0 Å². The molecule has 0 fully saturated rings. The standard InChI is InChI=1S/C16H21N3OS/c1-2-8-19-16(17-11-18-19)10-13(20)15-9-12-6-4-3-5-7-14(12)21-15/h9,11H,2-8,10H2,1H3. The number of thiophene rings is 1. The Morgan fingerprint density at radius 3 is 3.05 bits per heavy atom. The molecule has 1 aliphatic rings. The van der Waals surface area contributed by atoms with E-state index in [0.717, 1.165) is 36.5 Å². The number of carbonyl (C=O) groups is 1. The van der Waals surface area contributed by atoms with Crippen molar-refractivity contribution in [3.63, 3.8) is 0 Å². The highest BCUT2D eigenvalue weighted by molar-refractivity contribution is 7.14. The van der Waals surface area contributed by atoms with Crippen LogP contribution in [0.5, 0.6) is 0 Å². The van der Waals surface area contributed by atoms with Crippen LogP contribution in [0.15, 0.2) is 12.4 Å². The Morgan fingerprint density at radius 1 is 1.33 bits per heavy atom. The van der Waals surface area contributed by atoms with E-state index in [2.05, 4.69) is 23.1 Å². The lowest BCUT2D eigenvalue weighted by Crippen LogP contribution is -2.10. The van der Waals surface area contributed by atoms with Crippen molar-refractivity contribution in [1.29, 1.82) is 0 Å². The first-order valence-electron chi connectivity index (χ1n) is 7.79. The Kier molecular flexibility index (Phi) is 4.48. The summed E-state index contributed by atoms with van der Waals surface area (Å²) < 4.78 is 1.84. The molecule has 2 aromatic rings. The van der Waals surface area contributed by atoms with Gasteiger partial charge in [0.25, 0.3) is 0 Å². The zero-order valence-corrected chi connectivity index (χ0v) is 13.3. The molecule has 0 spiro atoms. The third kappa shape index (κ3) is 3.23. The summed E-state index contributed by atoms with van der Waals surface area (Å²) in [5, 5.41) is 4.19. The number of ketones is 1. The highest BCUT2D eigenvalue weighted by atomic mass is 32.1. The van der Waals surface area contributed by atoms with Crippen molar-refractivity contribution < 1.29 is 4.79 Å². The predicted octanol–water partition coefficient (Wildman–Crippen LogP) is 3.44. The number of aromatic nitrogens is 3. The number of hydrogen-bond acceptors (Lipinski definition) is 4. The maximum absolute atomic E-state index is 12.5. The maximum atomic E-state index is 12.5. The highest BCUT2D eigenvalue weighted by Gasteiger charge is 2.18. The maximum Gasteiger partial charge on any atom is 0.180 e. The molecule has 0 bridgehead atoms. The average Bonchev–Trinajstić information content (AvgIpc) is 3.02. The number of fused-ring (bicyclic) bond motifs is 1. The highest BCUT2D eigenvalue weighted by Crippen LogP contribution is 2.29. The Morgan fingerprint density at radius 2 is 2.19 bits per heavy atom. The van der Waals surface area contributed by atoms with Crippen molar-refractivity contribution in [1.82, 2.24) is 14.8 Å². The minimum atomic E-state index is 0.179. The van der Waals surface area contributed by atoms with Gasteiger partial charge in [0.2, 0.25) is 0 Å². The van der Waals surface area contributed by atoms with E-state index in [0.29, 0.717) is 6.42 Å². The second-order valence-corrected chi connectivity index (χ2v) is 6.76. The molecule has 1 aliphatic carbocycles. The first-order chi connectivity index (χ1) is 10.3. The normalized spacial score (nSPS) is 14.7. The van der Waals surface area contributed by atoms with Gasteiger partial charge in [-0.15, -0.1) is 11.3 Å². The van der Waals surface area contributed by atoms with E-state index in [1.807, 2.05) is 4.68 Å². The van der Waals surface area contributed by atoms with Crippen LogP contribution in [0.2, 0.25) is 0 Å². The lowest BCUT2D eigenvalue weighted by molar-refractivity contribution is 0.0993. The summed E-state index contributed by atoms with van der Waals surface area (Å²) >= 11 is 1.69. The van der Waals surface area contributed by atoms with Crippen LogP contribution in [0.1, 0.15) is 58.5 Å². The third-order valence-electron chi connectivity index (χ3n) is 3.97. The Bertz CT molecular complexity index is 606. The zero-order chi connectivity index (χ0) is 14.7. The van der Waals surface area contributed by atoms with E-state index in [4.69, 9.17) is 0 Å². The number of hydrogen-bond donors (Lipinski definition) is 0. The lowest BCUT2D eigenvalue weighted by atomic mass is 10.1. The molecule has 2 aromatic heterocycles. The van der Waals surface area contributed by atoms with Gasteiger partial charge in [0.1, 0.15) is 12.2 Å². The van der Waals surface area contributed by atoms with Crippen molar-refractivity contribution in [3.8, 4) is 0 Å². The van der Waals surface area contributed by atoms with Crippen molar-refractivity contribution in [3.05, 3.63) is 33.5 Å². The summed E-state index contributed by atoms with van der Waals surface area (Å²) in [7, 11) is 0. The molecule has 5 heteroatoms. The van der Waals surface area contributed by atoms with Crippen molar-refractivity contribution in [2.45, 2.75) is 58.4 Å². The summed E-state index contributed by atoms with van der Waals surface area (Å²) in [6, 6.07) is 2.12. The molecule has 0 amide bonds. The predicted molar refractivity (Wildman–Crippen MR) is 83.9 cm³/mol. The summed E-state index contributed by atoms with van der Waals surface area (Å²) in [4.78, 5) is 19.1. The van der Waals surface area contributed by atoms with Crippen molar-refractivity contribution in [2.75, 3.05) is 0 Å². The smallest absolute Gasteiger partial charge is 0.180 e. The molecule has 0 unspecified atom stereocenters. The molecule has 21 heavy (non-hydrogen) atoms. The lowest BCUT2D eigenvalue weighted by Gasteiger charge is -2.02. The van der Waals surface area contributed by atoms with Crippen LogP contribution in [-0.2, 0) is 25.8 Å². The van der Waals surface area contributed by atoms with Crippen LogP contribution >= 0.6 is 11.3 Å². The van der Waals surface area contributed by atoms with Gasteiger partial charge in [-0.05, 0) is 43.7 Å². The molecule has 112 valence electrons. The van der Waals surface area contributed by atoms with Gasteiger partial charge in [0.05, 0.1) is 11.3 Å². The third-order valence-corrected chi connectivity index (χ3v) is 5.25. The number of nitrogens with zero attached hydrogens (tertiary/aromatic N) is 3. The van der Waals surface area contributed by atoms with Gasteiger partial charge in [-0.2, -0.15) is 5.10 Å². The molecule has 0 N–H and O–H groups in total. The second-order valence-electron chi connectivity index (χ2n) is 5.62. The van der Waals surface area contributed by atoms with Crippen LogP contribution in [-0.4, -0.2) is 20.5 Å². The molecule has 4 nitrogen and oxygen atoms in total. The van der Waals surface area contributed by atoms with Gasteiger partial charge in [0, 0.05) is 11.4 Å². The molecule has 2 heterocycles. The topological polar surface area (TPSA) is 47.8 Å². The van der Waals surface area contributed by atoms with Gasteiger partial charge in [-0.1, -0.05) is 13.3 Å². The largest absolute Gasteiger partial charge is 0.293 e. The SMILES string of the molecule is CCCn1ncnc1CC(=O)c1cc2c(s1)CCCCC2. The van der Waals surface area contributed by atoms with Crippen LogP contribution < -0.4 is 0 Å². The minimum absolute atomic E-state index is 0.179. The van der Waals surface area contributed by atoms with Gasteiger partial charge in [-0.3, -0.25) is 4.79 Å². The van der Waals surface area contributed by atoms with Gasteiger partial charge < -0.3 is 0 Å². The van der Waals surface area contributed by atoms with E-state index in [1.54, 1.807) is 17.7 Å². The molecule has 0 atom stereocenters. The van der Waals surface area contributed by atoms with Crippen molar-refractivity contribution >= 4 is 17.1 Å². The summed E-state index contributed by atoms with van der Waals surface area (Å²) in [6.45, 7) is 2.92. The molecule has 0 saturated heterocycles. The van der Waals surface area contributed by atoms with Gasteiger partial charge in [-0.25, -0.2) is 9.67 Å². The quantitative estimate of drug-likeness (QED) is 0.628. The van der Waals surface area contributed by atoms with Crippen LogP contribution in [0.4, 0.5) is 0 Å². The van der Waals surface area contributed by atoms with Gasteiger partial charge in [0.15, 0.2) is 5.78 Å². The van der Waals surface area contributed by atoms with E-state index < -0.39 is 0 Å².